The Bertz CT molecular complexity index is 882. The van der Waals surface area contributed by atoms with Crippen molar-refractivity contribution in [2.45, 2.75) is 71.4 Å². The first kappa shape index (κ1) is 28.7. The van der Waals surface area contributed by atoms with Crippen LogP contribution in [0.2, 0.25) is 0 Å². The van der Waals surface area contributed by atoms with Gasteiger partial charge in [0.2, 0.25) is 0 Å². The zero-order chi connectivity index (χ0) is 26.8. The van der Waals surface area contributed by atoms with E-state index in [1.165, 1.54) is 13.8 Å². The molecule has 1 fully saturated rings. The van der Waals surface area contributed by atoms with Gasteiger partial charge in [-0.25, -0.2) is 0 Å². The maximum atomic E-state index is 12.1. The minimum Gasteiger partial charge on any atom is -0.462 e. The fraction of sp³-hybridized carbons (Fsp3) is 0.542. The highest BCUT2D eigenvalue weighted by Gasteiger charge is 2.51. The molecule has 0 aromatic heterocycles. The number of benzene rings is 1. The molecule has 0 amide bonds. The van der Waals surface area contributed by atoms with E-state index in [2.05, 4.69) is 0 Å². The maximum Gasteiger partial charge on any atom is 0.303 e. The quantitative estimate of drug-likeness (QED) is 0.330. The van der Waals surface area contributed by atoms with E-state index in [1.54, 1.807) is 30.3 Å². The van der Waals surface area contributed by atoms with Gasteiger partial charge in [0.25, 0.3) is 0 Å². The van der Waals surface area contributed by atoms with Crippen molar-refractivity contribution in [3.8, 4) is 0 Å². The molecule has 2 unspecified atom stereocenters. The van der Waals surface area contributed by atoms with Crippen LogP contribution < -0.4 is 0 Å². The Morgan fingerprint density at radius 1 is 0.694 bits per heavy atom. The van der Waals surface area contributed by atoms with Crippen LogP contribution in [0.3, 0.4) is 0 Å². The first-order valence-corrected chi connectivity index (χ1v) is 11.1. The van der Waals surface area contributed by atoms with E-state index in [9.17, 15) is 24.0 Å². The maximum absolute atomic E-state index is 12.1. The molecule has 1 aliphatic heterocycles. The fourth-order valence-corrected chi connectivity index (χ4v) is 3.57. The predicted octanol–water partition coefficient (Wildman–Crippen LogP) is 1.39. The molecule has 12 nitrogen and oxygen atoms in total. The van der Waals surface area contributed by atoms with E-state index in [4.69, 9.17) is 33.2 Å². The lowest BCUT2D eigenvalue weighted by Crippen LogP contribution is -2.60. The molecular weight excluding hydrogens is 480 g/mol. The van der Waals surface area contributed by atoms with Gasteiger partial charge in [0.05, 0.1) is 0 Å². The van der Waals surface area contributed by atoms with Gasteiger partial charge in [-0.1, -0.05) is 30.3 Å². The Morgan fingerprint density at radius 2 is 1.14 bits per heavy atom. The lowest BCUT2D eigenvalue weighted by molar-refractivity contribution is -0.325. The Hall–Kier alpha value is -3.51. The Kier molecular flexibility index (Phi) is 10.8. The first-order chi connectivity index (χ1) is 17.0. The molecule has 0 radical (unpaired) electrons. The van der Waals surface area contributed by atoms with Gasteiger partial charge in [-0.15, -0.1) is 0 Å². The third kappa shape index (κ3) is 8.93. The topological polar surface area (TPSA) is 150 Å². The van der Waals surface area contributed by atoms with Crippen LogP contribution in [0.25, 0.3) is 0 Å². The Balaban J connectivity index is 2.57. The number of carbonyl (C=O) groups excluding carboxylic acids is 5. The minimum atomic E-state index is -1.33. The third-order valence-corrected chi connectivity index (χ3v) is 4.85. The molecule has 1 heterocycles. The average Bonchev–Trinajstić information content (AvgIpc) is 2.79. The molecular formula is C24H30O12. The van der Waals surface area contributed by atoms with Gasteiger partial charge in [0.1, 0.15) is 25.4 Å². The van der Waals surface area contributed by atoms with Gasteiger partial charge in [0, 0.05) is 40.2 Å². The molecule has 1 aromatic carbocycles. The summed E-state index contributed by atoms with van der Waals surface area (Å²) < 4.78 is 38.5. The predicted molar refractivity (Wildman–Crippen MR) is 119 cm³/mol. The average molecular weight is 510 g/mol. The molecule has 198 valence electrons. The summed E-state index contributed by atoms with van der Waals surface area (Å²) >= 11 is 0. The van der Waals surface area contributed by atoms with Crippen LogP contribution in [-0.2, 0) is 57.1 Å². The van der Waals surface area contributed by atoms with Crippen LogP contribution in [0.5, 0.6) is 0 Å². The third-order valence-electron chi connectivity index (χ3n) is 4.85. The summed E-state index contributed by atoms with van der Waals surface area (Å²) in [4.78, 5) is 58.8. The first-order valence-electron chi connectivity index (χ1n) is 11.1. The van der Waals surface area contributed by atoms with Crippen molar-refractivity contribution >= 4 is 29.8 Å². The number of carbonyl (C=O) groups is 5. The van der Waals surface area contributed by atoms with Gasteiger partial charge in [0.15, 0.2) is 24.6 Å². The van der Waals surface area contributed by atoms with Gasteiger partial charge in [-0.3, -0.25) is 24.0 Å². The summed E-state index contributed by atoms with van der Waals surface area (Å²) in [5.74, 6) is -3.47. The lowest BCUT2D eigenvalue weighted by atomic mass is 9.96. The van der Waals surface area contributed by atoms with Crippen LogP contribution in [-0.4, -0.2) is 73.6 Å². The minimum absolute atomic E-state index is 0.423. The van der Waals surface area contributed by atoms with E-state index in [0.717, 1.165) is 20.8 Å². The van der Waals surface area contributed by atoms with Crippen molar-refractivity contribution in [1.82, 2.24) is 0 Å². The number of ether oxygens (including phenoxy) is 7. The summed E-state index contributed by atoms with van der Waals surface area (Å²) in [6, 6.07) is 8.63. The zero-order valence-corrected chi connectivity index (χ0v) is 20.7. The zero-order valence-electron chi connectivity index (χ0n) is 20.7. The largest absolute Gasteiger partial charge is 0.462 e. The van der Waals surface area contributed by atoms with Gasteiger partial charge in [-0.2, -0.15) is 0 Å². The van der Waals surface area contributed by atoms with Crippen molar-refractivity contribution in [1.29, 1.82) is 0 Å². The molecule has 0 aliphatic carbocycles. The highest BCUT2D eigenvalue weighted by molar-refractivity contribution is 5.68. The highest BCUT2D eigenvalue weighted by Crippen LogP contribution is 2.36. The van der Waals surface area contributed by atoms with E-state index in [-0.39, 0.29) is 0 Å². The van der Waals surface area contributed by atoms with Gasteiger partial charge < -0.3 is 33.2 Å². The molecule has 0 saturated carbocycles. The van der Waals surface area contributed by atoms with E-state index in [1.807, 2.05) is 0 Å². The Morgan fingerprint density at radius 3 is 1.50 bits per heavy atom. The second-order valence-electron chi connectivity index (χ2n) is 7.92. The summed E-state index contributed by atoms with van der Waals surface area (Å²) in [5.41, 5.74) is 0.539. The SMILES string of the molecule is CC(=O)OC[C@H](OC(C)=O)[C@H]1OC(c2ccccc2)O[C@@H]([C@@H](COC(C)=O)OC(C)=O)C1OC(C)=O. The second-order valence-corrected chi connectivity index (χ2v) is 7.92. The van der Waals surface area contributed by atoms with Crippen molar-refractivity contribution in [2.24, 2.45) is 0 Å². The number of hydrogen-bond donors (Lipinski definition) is 0. The summed E-state index contributed by atoms with van der Waals surface area (Å²) in [6.07, 6.45) is -7.39. The molecule has 0 bridgehead atoms. The molecule has 2 rings (SSSR count). The summed E-state index contributed by atoms with van der Waals surface area (Å²) in [5, 5.41) is 0. The highest BCUT2D eigenvalue weighted by atomic mass is 16.7. The van der Waals surface area contributed by atoms with Gasteiger partial charge in [-0.05, 0) is 0 Å². The molecule has 36 heavy (non-hydrogen) atoms. The number of esters is 5. The molecule has 0 N–H and O–H groups in total. The molecule has 6 atom stereocenters. The summed E-state index contributed by atoms with van der Waals surface area (Å²) in [7, 11) is 0. The van der Waals surface area contributed by atoms with E-state index >= 15 is 0 Å². The molecule has 0 spiro atoms. The van der Waals surface area contributed by atoms with Crippen molar-refractivity contribution < 1.29 is 57.1 Å². The van der Waals surface area contributed by atoms with Gasteiger partial charge >= 0.3 is 29.8 Å². The van der Waals surface area contributed by atoms with E-state index < -0.39 is 79.9 Å². The molecule has 1 saturated heterocycles. The van der Waals surface area contributed by atoms with Crippen LogP contribution in [0, 0.1) is 0 Å². The monoisotopic (exact) mass is 510 g/mol. The van der Waals surface area contributed by atoms with Crippen molar-refractivity contribution in [3.05, 3.63) is 35.9 Å². The van der Waals surface area contributed by atoms with Crippen LogP contribution in [0.1, 0.15) is 46.5 Å². The lowest BCUT2D eigenvalue weighted by Gasteiger charge is -2.45. The molecule has 12 heteroatoms. The summed E-state index contributed by atoms with van der Waals surface area (Å²) in [6.45, 7) is 4.93. The van der Waals surface area contributed by atoms with Crippen LogP contribution in [0.4, 0.5) is 0 Å². The fourth-order valence-electron chi connectivity index (χ4n) is 3.57. The number of rotatable bonds is 10. The smallest absolute Gasteiger partial charge is 0.303 e. The standard InChI is InChI=1S/C24H30O12/c1-13(25)30-11-19(32-15(3)27)21-23(34-17(5)29)22(20(33-16(4)28)12-31-14(2)26)36-24(35-21)18-9-7-6-8-10-18/h6-10,19-24H,11-12H2,1-5H3/t19-,20+,21+,22-,23?,24?. The van der Waals surface area contributed by atoms with Crippen molar-refractivity contribution in [2.75, 3.05) is 13.2 Å². The van der Waals surface area contributed by atoms with Crippen LogP contribution in [0.15, 0.2) is 30.3 Å². The number of hydrogen-bond acceptors (Lipinski definition) is 12. The molecule has 1 aliphatic rings. The van der Waals surface area contributed by atoms with E-state index in [0.29, 0.717) is 5.56 Å². The molecule has 1 aromatic rings. The second kappa shape index (κ2) is 13.5. The van der Waals surface area contributed by atoms with Crippen LogP contribution >= 0.6 is 0 Å². The van der Waals surface area contributed by atoms with Crippen molar-refractivity contribution in [3.63, 3.8) is 0 Å². The normalized spacial score (nSPS) is 22.9. The Labute approximate surface area is 208 Å².